The summed E-state index contributed by atoms with van der Waals surface area (Å²) < 4.78 is 31.6. The molecule has 0 fully saturated rings. The van der Waals surface area contributed by atoms with E-state index in [4.69, 9.17) is 23.1 Å². The minimum Gasteiger partial charge on any atom is -0.361 e. The Bertz CT molecular complexity index is 408. The van der Waals surface area contributed by atoms with Crippen LogP contribution in [-0.2, 0) is 10.4 Å². The quantitative estimate of drug-likeness (QED) is 0.386. The van der Waals surface area contributed by atoms with E-state index in [-0.39, 0.29) is 0 Å². The van der Waals surface area contributed by atoms with Crippen LogP contribution in [0.15, 0.2) is 24.3 Å². The summed E-state index contributed by atoms with van der Waals surface area (Å²) in [4.78, 5) is 5.14. The lowest BCUT2D eigenvalue weighted by Crippen LogP contribution is -2.25. The fraction of sp³-hybridized carbons (Fsp3) is 0.375. The fourth-order valence-electron chi connectivity index (χ4n) is 0.925. The summed E-state index contributed by atoms with van der Waals surface area (Å²) in [7, 11) is -0.666. The van der Waals surface area contributed by atoms with Gasteiger partial charge in [0.2, 0.25) is 0 Å². The Morgan fingerprint density at radius 1 is 1.31 bits per heavy atom. The van der Waals surface area contributed by atoms with Crippen molar-refractivity contribution in [2.75, 3.05) is 14.1 Å². The zero-order valence-electron chi connectivity index (χ0n) is 8.85. The maximum absolute atomic E-state index is 8.74. The van der Waals surface area contributed by atoms with Crippen LogP contribution in [0, 0.1) is 0 Å². The van der Waals surface area contributed by atoms with E-state index in [9.17, 15) is 0 Å². The van der Waals surface area contributed by atoms with Gasteiger partial charge in [-0.25, -0.2) is 0 Å². The number of hydrogen-bond donors (Lipinski definition) is 2. The van der Waals surface area contributed by atoms with E-state index in [0.29, 0.717) is 11.8 Å². The van der Waals surface area contributed by atoms with Crippen molar-refractivity contribution < 1.29 is 22.3 Å². The molecule has 0 amide bonds. The molecule has 0 aromatic carbocycles. The van der Waals surface area contributed by atoms with Crippen molar-refractivity contribution >= 4 is 16.1 Å². The molecule has 1 rings (SSSR count). The molecule has 16 heavy (non-hydrogen) atoms. The fourth-order valence-corrected chi connectivity index (χ4v) is 0.925. The molecule has 0 saturated heterocycles. The van der Waals surface area contributed by atoms with Gasteiger partial charge < -0.3 is 5.53 Å². The monoisotopic (exact) mass is 247 g/mol. The Balaban J connectivity index is 0.000000385. The molecule has 90 valence electrons. The van der Waals surface area contributed by atoms with E-state index in [1.165, 1.54) is 0 Å². The average molecular weight is 247 g/mol. The molecule has 0 heterocycles. The molecular weight excluding hydrogens is 234 g/mol. The second-order valence-corrected chi connectivity index (χ2v) is 4.04. The predicted octanol–water partition coefficient (Wildman–Crippen LogP) is 0.0606. The van der Waals surface area contributed by atoms with Gasteiger partial charge in [-0.3, -0.25) is 14.0 Å². The summed E-state index contributed by atoms with van der Waals surface area (Å²) in [5.41, 5.74) is 8.99. The molecule has 0 atom stereocenters. The molecule has 0 aromatic heterocycles. The first-order valence-electron chi connectivity index (χ1n) is 4.19. The normalized spacial score (nSPS) is 19.1. The molecule has 0 aromatic rings. The van der Waals surface area contributed by atoms with E-state index in [1.807, 2.05) is 26.2 Å². The van der Waals surface area contributed by atoms with Crippen LogP contribution in [0.2, 0.25) is 0 Å². The van der Waals surface area contributed by atoms with Gasteiger partial charge in [0.05, 0.1) is 0 Å². The van der Waals surface area contributed by atoms with Crippen LogP contribution in [0.5, 0.6) is 0 Å². The Kier molecular flexibility index (Phi) is 5.79. The first kappa shape index (κ1) is 14.7. The van der Waals surface area contributed by atoms with Crippen molar-refractivity contribution in [1.82, 2.24) is 4.90 Å². The molecule has 0 radical (unpaired) electrons. The van der Waals surface area contributed by atoms with E-state index in [1.54, 1.807) is 12.2 Å². The Morgan fingerprint density at radius 3 is 1.94 bits per heavy atom. The van der Waals surface area contributed by atoms with Gasteiger partial charge in [-0.2, -0.15) is 13.2 Å². The molecule has 8 heteroatoms. The Morgan fingerprint density at radius 2 is 1.69 bits per heavy atom. The van der Waals surface area contributed by atoms with Crippen molar-refractivity contribution in [3.8, 4) is 0 Å². The maximum Gasteiger partial charge on any atom is 0.394 e. The summed E-state index contributed by atoms with van der Waals surface area (Å²) in [5, 5.41) is 0. The van der Waals surface area contributed by atoms with Gasteiger partial charge in [-0.15, -0.1) is 0 Å². The van der Waals surface area contributed by atoms with Crippen LogP contribution in [0.4, 0.5) is 0 Å². The van der Waals surface area contributed by atoms with Gasteiger partial charge >= 0.3 is 16.1 Å². The van der Waals surface area contributed by atoms with E-state index in [2.05, 4.69) is 9.69 Å². The van der Waals surface area contributed by atoms with Crippen LogP contribution < -0.4 is 0 Å². The van der Waals surface area contributed by atoms with E-state index < -0.39 is 10.4 Å². The van der Waals surface area contributed by atoms with Crippen molar-refractivity contribution in [3.63, 3.8) is 0 Å². The number of nitrogens with zero attached hydrogens (tertiary/aromatic N) is 3. The third-order valence-electron chi connectivity index (χ3n) is 1.64. The van der Waals surface area contributed by atoms with Gasteiger partial charge in [0.15, 0.2) is 0 Å². The zero-order valence-corrected chi connectivity index (χ0v) is 9.66. The molecular formula is C8H13N3O4S. The predicted molar refractivity (Wildman–Crippen MR) is 58.6 cm³/mol. The minimum absolute atomic E-state index is 0.320. The van der Waals surface area contributed by atoms with Crippen molar-refractivity contribution in [2.24, 2.45) is 0 Å². The maximum atomic E-state index is 8.74. The molecule has 0 unspecified atom stereocenters. The first-order chi connectivity index (χ1) is 7.24. The molecule has 0 aliphatic heterocycles. The highest BCUT2D eigenvalue weighted by atomic mass is 32.3. The summed E-state index contributed by atoms with van der Waals surface area (Å²) in [6, 6.07) is 0.320. The lowest BCUT2D eigenvalue weighted by molar-refractivity contribution is -0.00171. The summed E-state index contributed by atoms with van der Waals surface area (Å²) in [5.74, 6) is 0. The third kappa shape index (κ3) is 8.04. The van der Waals surface area contributed by atoms with Gasteiger partial charge in [-0.05, 0) is 14.1 Å². The largest absolute Gasteiger partial charge is 0.394 e. The lowest BCUT2D eigenvalue weighted by atomic mass is 10.1. The Hall–Kier alpha value is -1.31. The SMILES string of the molecule is CN(C)C1C=CC(=[N+]=[N-])C=C1.O=S(=O)(O)O. The van der Waals surface area contributed by atoms with Crippen LogP contribution in [0.25, 0.3) is 5.53 Å². The summed E-state index contributed by atoms with van der Waals surface area (Å²) >= 11 is 0. The highest BCUT2D eigenvalue weighted by Gasteiger charge is 2.10. The smallest absolute Gasteiger partial charge is 0.361 e. The van der Waals surface area contributed by atoms with Crippen molar-refractivity contribution in [2.45, 2.75) is 6.04 Å². The summed E-state index contributed by atoms with van der Waals surface area (Å²) in [6.07, 6.45) is 7.56. The number of rotatable bonds is 1. The third-order valence-corrected chi connectivity index (χ3v) is 1.64. The molecule has 2 N–H and O–H groups in total. The summed E-state index contributed by atoms with van der Waals surface area (Å²) in [6.45, 7) is 0. The van der Waals surface area contributed by atoms with Crippen LogP contribution in [0.1, 0.15) is 0 Å². The number of likely N-dealkylation sites (N-methyl/N-ethyl adjacent to an activating group) is 1. The zero-order chi connectivity index (χ0) is 12.8. The second kappa shape index (κ2) is 6.31. The standard InChI is InChI=1S/C8H11N3.H2O4S/c1-11(2)8-5-3-7(10-9)4-6-8;1-5(2,3)4/h3-6,8H,1-2H3;(H2,1,2,3,4). The van der Waals surface area contributed by atoms with Gasteiger partial charge in [0, 0.05) is 18.2 Å². The highest BCUT2D eigenvalue weighted by molar-refractivity contribution is 7.79. The van der Waals surface area contributed by atoms with Crippen LogP contribution in [0.3, 0.4) is 0 Å². The number of hydrogen-bond acceptors (Lipinski definition) is 3. The van der Waals surface area contributed by atoms with Crippen molar-refractivity contribution in [1.29, 1.82) is 0 Å². The van der Waals surface area contributed by atoms with Gasteiger partial charge in [0.25, 0.3) is 0 Å². The molecule has 7 nitrogen and oxygen atoms in total. The van der Waals surface area contributed by atoms with Crippen LogP contribution in [-0.4, -0.2) is 53.1 Å². The average Bonchev–Trinajstić information content (AvgIpc) is 2.15. The van der Waals surface area contributed by atoms with Crippen LogP contribution >= 0.6 is 0 Å². The lowest BCUT2D eigenvalue weighted by Gasteiger charge is -2.17. The minimum atomic E-state index is -4.67. The van der Waals surface area contributed by atoms with E-state index >= 15 is 0 Å². The molecule has 1 aliphatic carbocycles. The molecule has 1 aliphatic rings. The van der Waals surface area contributed by atoms with E-state index in [0.717, 1.165) is 0 Å². The van der Waals surface area contributed by atoms with Crippen molar-refractivity contribution in [3.05, 3.63) is 29.8 Å². The first-order valence-corrected chi connectivity index (χ1v) is 5.58. The molecule has 0 saturated carbocycles. The topological polar surface area (TPSA) is 114 Å². The molecule has 0 spiro atoms. The second-order valence-electron chi connectivity index (χ2n) is 3.15. The Labute approximate surface area is 93.9 Å². The number of allylic oxidation sites excluding steroid dienone is 2. The van der Waals surface area contributed by atoms with Gasteiger partial charge in [-0.1, -0.05) is 12.2 Å². The van der Waals surface area contributed by atoms with Gasteiger partial charge in [0.1, 0.15) is 0 Å². The molecule has 0 bridgehead atoms. The highest BCUT2D eigenvalue weighted by Crippen LogP contribution is 2.03.